The van der Waals surface area contributed by atoms with Gasteiger partial charge in [-0.25, -0.2) is 9.38 Å². The molecule has 0 amide bonds. The second-order valence-corrected chi connectivity index (χ2v) is 5.19. The molecule has 0 spiro atoms. The number of nitrogens with one attached hydrogen (secondary N) is 1. The lowest BCUT2D eigenvalue weighted by Gasteiger charge is -2.19. The first-order valence-corrected chi connectivity index (χ1v) is 7.14. The number of phenols is 1. The van der Waals surface area contributed by atoms with E-state index in [1.807, 2.05) is 6.92 Å². The summed E-state index contributed by atoms with van der Waals surface area (Å²) in [5.41, 5.74) is 8.05. The second kappa shape index (κ2) is 7.00. The molecule has 0 aliphatic carbocycles. The number of phenolic OH excluding ortho intramolecular Hbond substituents is 1. The van der Waals surface area contributed by atoms with Gasteiger partial charge in [-0.1, -0.05) is 0 Å². The summed E-state index contributed by atoms with van der Waals surface area (Å²) in [5.74, 6) is 0.0836. The van der Waals surface area contributed by atoms with Crippen molar-refractivity contribution in [3.8, 4) is 11.5 Å². The first-order chi connectivity index (χ1) is 11.0. The molecule has 0 radical (unpaired) electrons. The predicted molar refractivity (Wildman–Crippen MR) is 90.2 cm³/mol. The number of hydrogen-bond acceptors (Lipinski definition) is 4. The average Bonchev–Trinajstić information content (AvgIpc) is 2.52. The van der Waals surface area contributed by atoms with Crippen molar-refractivity contribution in [3.05, 3.63) is 47.3 Å². The predicted octanol–water partition coefficient (Wildman–Crippen LogP) is 3.64. The zero-order chi connectivity index (χ0) is 17.0. The van der Waals surface area contributed by atoms with Gasteiger partial charge in [0.15, 0.2) is 11.5 Å². The molecule has 0 bridgehead atoms. The quantitative estimate of drug-likeness (QED) is 0.581. The van der Waals surface area contributed by atoms with Crippen LogP contribution in [0.2, 0.25) is 0 Å². The summed E-state index contributed by atoms with van der Waals surface area (Å²) in [6, 6.07) is 7.80. The number of aromatic hydroxyl groups is 1. The van der Waals surface area contributed by atoms with Crippen LogP contribution in [-0.2, 0) is 0 Å². The Morgan fingerprint density at radius 1 is 1.35 bits per heavy atom. The molecule has 2 aromatic rings. The van der Waals surface area contributed by atoms with Crippen molar-refractivity contribution in [2.75, 3.05) is 12.4 Å². The molecule has 2 aromatic carbocycles. The van der Waals surface area contributed by atoms with E-state index in [0.29, 0.717) is 17.0 Å². The van der Waals surface area contributed by atoms with E-state index in [1.165, 1.54) is 19.5 Å². The standard InChI is InChI=1S/C17H20FN3O2/c1-10-6-12(4-5-14(10)18)21-11(2)13-7-16(22)17(23-3)8-15(13)20-9-19/h4-9,11,21-22H,1-3H3,(H2,19,20). The molecular formula is C17H20FN3O2. The highest BCUT2D eigenvalue weighted by atomic mass is 19.1. The molecule has 0 saturated heterocycles. The Labute approximate surface area is 134 Å². The van der Waals surface area contributed by atoms with Crippen molar-refractivity contribution >= 4 is 17.7 Å². The van der Waals surface area contributed by atoms with E-state index in [2.05, 4.69) is 10.3 Å². The highest BCUT2D eigenvalue weighted by Crippen LogP contribution is 2.37. The maximum Gasteiger partial charge on any atom is 0.162 e. The van der Waals surface area contributed by atoms with Crippen LogP contribution in [0.5, 0.6) is 11.5 Å². The summed E-state index contributed by atoms with van der Waals surface area (Å²) in [6.45, 7) is 3.62. The Morgan fingerprint density at radius 2 is 2.09 bits per heavy atom. The Bertz CT molecular complexity index is 732. The van der Waals surface area contributed by atoms with E-state index in [0.717, 1.165) is 11.3 Å². The molecule has 0 aliphatic heterocycles. The van der Waals surface area contributed by atoms with Gasteiger partial charge in [-0.2, -0.15) is 0 Å². The van der Waals surface area contributed by atoms with Crippen molar-refractivity contribution in [2.45, 2.75) is 19.9 Å². The molecule has 0 saturated carbocycles. The molecule has 0 heterocycles. The largest absolute Gasteiger partial charge is 0.504 e. The van der Waals surface area contributed by atoms with Crippen molar-refractivity contribution in [2.24, 2.45) is 10.7 Å². The highest BCUT2D eigenvalue weighted by molar-refractivity contribution is 5.66. The van der Waals surface area contributed by atoms with Gasteiger partial charge in [0, 0.05) is 17.3 Å². The van der Waals surface area contributed by atoms with E-state index in [9.17, 15) is 9.50 Å². The third-order valence-electron chi connectivity index (χ3n) is 3.55. The molecule has 6 heteroatoms. The smallest absolute Gasteiger partial charge is 0.162 e. The molecule has 0 aromatic heterocycles. The number of ether oxygens (including phenoxy) is 1. The fourth-order valence-electron chi connectivity index (χ4n) is 2.34. The van der Waals surface area contributed by atoms with Crippen LogP contribution in [0.15, 0.2) is 35.3 Å². The number of nitrogens with zero attached hydrogens (tertiary/aromatic N) is 1. The van der Waals surface area contributed by atoms with Crippen LogP contribution in [0.4, 0.5) is 15.8 Å². The van der Waals surface area contributed by atoms with Crippen LogP contribution in [0.1, 0.15) is 24.1 Å². The number of aliphatic imine (C=N–C) groups is 1. The van der Waals surface area contributed by atoms with Gasteiger partial charge >= 0.3 is 0 Å². The number of methoxy groups -OCH3 is 1. The third kappa shape index (κ3) is 3.71. The van der Waals surface area contributed by atoms with Crippen LogP contribution in [0.3, 0.4) is 0 Å². The minimum absolute atomic E-state index is 0.0161. The van der Waals surface area contributed by atoms with Gasteiger partial charge in [0.25, 0.3) is 0 Å². The van der Waals surface area contributed by atoms with Gasteiger partial charge in [-0.15, -0.1) is 0 Å². The summed E-state index contributed by atoms with van der Waals surface area (Å²) in [4.78, 5) is 4.11. The Morgan fingerprint density at radius 3 is 2.70 bits per heavy atom. The summed E-state index contributed by atoms with van der Waals surface area (Å²) in [5, 5.41) is 13.3. The summed E-state index contributed by atoms with van der Waals surface area (Å²) in [7, 11) is 1.47. The van der Waals surface area contributed by atoms with Crippen molar-refractivity contribution in [3.63, 3.8) is 0 Å². The van der Waals surface area contributed by atoms with Crippen LogP contribution < -0.4 is 15.8 Å². The highest BCUT2D eigenvalue weighted by Gasteiger charge is 2.15. The van der Waals surface area contributed by atoms with Crippen LogP contribution in [0, 0.1) is 12.7 Å². The molecule has 1 unspecified atom stereocenters. The van der Waals surface area contributed by atoms with E-state index < -0.39 is 0 Å². The lowest BCUT2D eigenvalue weighted by atomic mass is 10.0. The zero-order valence-corrected chi connectivity index (χ0v) is 13.3. The fourth-order valence-corrected chi connectivity index (χ4v) is 2.34. The Balaban J connectivity index is 2.35. The molecule has 122 valence electrons. The van der Waals surface area contributed by atoms with E-state index in [4.69, 9.17) is 10.5 Å². The van der Waals surface area contributed by atoms with Gasteiger partial charge in [0.2, 0.25) is 0 Å². The maximum atomic E-state index is 13.4. The van der Waals surface area contributed by atoms with Gasteiger partial charge in [-0.05, 0) is 43.7 Å². The molecule has 1 atom stereocenters. The SMILES string of the molecule is COc1cc(N=CN)c(C(C)Nc2ccc(F)c(C)c2)cc1O. The minimum Gasteiger partial charge on any atom is -0.504 e. The van der Waals surface area contributed by atoms with Crippen LogP contribution >= 0.6 is 0 Å². The monoisotopic (exact) mass is 317 g/mol. The van der Waals surface area contributed by atoms with Crippen molar-refractivity contribution < 1.29 is 14.2 Å². The summed E-state index contributed by atoms with van der Waals surface area (Å²) in [6.07, 6.45) is 1.18. The van der Waals surface area contributed by atoms with Gasteiger partial charge in [-0.3, -0.25) is 0 Å². The maximum absolute atomic E-state index is 13.4. The average molecular weight is 317 g/mol. The van der Waals surface area contributed by atoms with Crippen LogP contribution in [-0.4, -0.2) is 18.6 Å². The first-order valence-electron chi connectivity index (χ1n) is 7.14. The molecular weight excluding hydrogens is 297 g/mol. The molecule has 23 heavy (non-hydrogen) atoms. The third-order valence-corrected chi connectivity index (χ3v) is 3.55. The lowest BCUT2D eigenvalue weighted by molar-refractivity contribution is 0.373. The van der Waals surface area contributed by atoms with Gasteiger partial charge in [0.05, 0.1) is 25.2 Å². The number of nitrogens with two attached hydrogens (primary N) is 1. The van der Waals surface area contributed by atoms with E-state index >= 15 is 0 Å². The van der Waals surface area contributed by atoms with Crippen molar-refractivity contribution in [1.82, 2.24) is 0 Å². The Kier molecular flexibility index (Phi) is 5.05. The summed E-state index contributed by atoms with van der Waals surface area (Å²) < 4.78 is 18.4. The zero-order valence-electron chi connectivity index (χ0n) is 13.3. The fraction of sp³-hybridized carbons (Fsp3) is 0.235. The minimum atomic E-state index is -0.251. The number of hydrogen-bond donors (Lipinski definition) is 3. The van der Waals surface area contributed by atoms with Crippen molar-refractivity contribution in [1.29, 1.82) is 0 Å². The van der Waals surface area contributed by atoms with Gasteiger partial charge in [0.1, 0.15) is 5.82 Å². The summed E-state index contributed by atoms with van der Waals surface area (Å²) >= 11 is 0. The normalized spacial score (nSPS) is 12.3. The lowest BCUT2D eigenvalue weighted by Crippen LogP contribution is -2.08. The van der Waals surface area contributed by atoms with Gasteiger partial charge < -0.3 is 20.9 Å². The van der Waals surface area contributed by atoms with E-state index in [-0.39, 0.29) is 17.6 Å². The molecule has 4 N–H and O–H groups in total. The van der Waals surface area contributed by atoms with Crippen LogP contribution in [0.25, 0.3) is 0 Å². The number of benzene rings is 2. The number of rotatable bonds is 5. The molecule has 2 rings (SSSR count). The first kappa shape index (κ1) is 16.6. The van der Waals surface area contributed by atoms with E-state index in [1.54, 1.807) is 31.2 Å². The number of aryl methyl sites for hydroxylation is 1. The number of halogens is 1. The Hall–Kier alpha value is -2.76. The molecule has 0 aliphatic rings. The molecule has 0 fully saturated rings. The topological polar surface area (TPSA) is 79.9 Å². The second-order valence-electron chi connectivity index (χ2n) is 5.19. The number of anilines is 1. The molecule has 5 nitrogen and oxygen atoms in total.